The van der Waals surface area contributed by atoms with Gasteiger partial charge < -0.3 is 5.73 Å². The van der Waals surface area contributed by atoms with E-state index in [2.05, 4.69) is 23.2 Å². The number of nitrogens with zero attached hydrogens (tertiary/aromatic N) is 2. The minimum Gasteiger partial charge on any atom is -0.327 e. The van der Waals surface area contributed by atoms with Crippen molar-refractivity contribution in [2.75, 3.05) is 0 Å². The minimum atomic E-state index is 0.146. The summed E-state index contributed by atoms with van der Waals surface area (Å²) in [6, 6.07) is 0.146. The number of nitrogens with two attached hydrogens (primary N) is 1. The number of aromatic nitrogens is 2. The van der Waals surface area contributed by atoms with Crippen molar-refractivity contribution in [1.29, 1.82) is 0 Å². The molecule has 0 aliphatic carbocycles. The molecule has 1 rings (SSSR count). The molecule has 0 aliphatic heterocycles. The van der Waals surface area contributed by atoms with Crippen LogP contribution in [0.25, 0.3) is 0 Å². The van der Waals surface area contributed by atoms with Crippen molar-refractivity contribution in [3.05, 3.63) is 10.8 Å². The molecule has 3 nitrogen and oxygen atoms in total. The van der Waals surface area contributed by atoms with Gasteiger partial charge in [0.15, 0.2) is 0 Å². The highest BCUT2D eigenvalue weighted by atomic mass is 32.1. The van der Waals surface area contributed by atoms with Crippen LogP contribution < -0.4 is 5.73 Å². The first-order valence-electron chi connectivity index (χ1n) is 4.58. The summed E-state index contributed by atoms with van der Waals surface area (Å²) in [6.07, 6.45) is 0. The van der Waals surface area contributed by atoms with Crippen molar-refractivity contribution in [2.24, 2.45) is 11.7 Å². The van der Waals surface area contributed by atoms with E-state index in [0.29, 0.717) is 11.8 Å². The van der Waals surface area contributed by atoms with E-state index in [-0.39, 0.29) is 6.04 Å². The molecule has 1 heterocycles. The van der Waals surface area contributed by atoms with Crippen molar-refractivity contribution in [3.8, 4) is 0 Å². The van der Waals surface area contributed by atoms with Gasteiger partial charge in [-0.3, -0.25) is 0 Å². The van der Waals surface area contributed by atoms with E-state index in [1.54, 1.807) is 0 Å². The van der Waals surface area contributed by atoms with Crippen LogP contribution in [0.5, 0.6) is 0 Å². The second kappa shape index (κ2) is 4.15. The van der Waals surface area contributed by atoms with Crippen molar-refractivity contribution in [1.82, 2.24) is 9.36 Å². The number of rotatable bonds is 3. The average Bonchev–Trinajstić information content (AvgIpc) is 2.34. The molecule has 1 aromatic rings. The fourth-order valence-electron chi connectivity index (χ4n) is 1.57. The number of hydrogen-bond acceptors (Lipinski definition) is 4. The second-order valence-electron chi connectivity index (χ2n) is 3.81. The zero-order chi connectivity index (χ0) is 10.0. The quantitative estimate of drug-likeness (QED) is 0.809. The maximum atomic E-state index is 5.92. The first kappa shape index (κ1) is 10.6. The predicted molar refractivity (Wildman–Crippen MR) is 55.9 cm³/mol. The topological polar surface area (TPSA) is 51.8 Å². The Morgan fingerprint density at radius 2 is 1.92 bits per heavy atom. The summed E-state index contributed by atoms with van der Waals surface area (Å²) in [7, 11) is 0. The van der Waals surface area contributed by atoms with Crippen LogP contribution in [0, 0.1) is 12.8 Å². The van der Waals surface area contributed by atoms with Gasteiger partial charge in [-0.1, -0.05) is 13.8 Å². The van der Waals surface area contributed by atoms with Gasteiger partial charge in [-0.05, 0) is 31.3 Å². The smallest absolute Gasteiger partial charge is 0.139 e. The van der Waals surface area contributed by atoms with Crippen molar-refractivity contribution in [2.45, 2.75) is 39.7 Å². The SMILES string of the molecule is Cc1nsc(C(C(C)C)C(C)N)n1. The first-order chi connectivity index (χ1) is 6.02. The third-order valence-corrected chi connectivity index (χ3v) is 3.02. The maximum absolute atomic E-state index is 5.92. The van der Waals surface area contributed by atoms with Gasteiger partial charge in [0, 0.05) is 12.0 Å². The monoisotopic (exact) mass is 199 g/mol. The lowest BCUT2D eigenvalue weighted by atomic mass is 9.90. The van der Waals surface area contributed by atoms with Crippen molar-refractivity contribution in [3.63, 3.8) is 0 Å². The van der Waals surface area contributed by atoms with E-state index in [1.807, 2.05) is 13.8 Å². The van der Waals surface area contributed by atoms with Crippen LogP contribution in [0.1, 0.15) is 37.5 Å². The molecular weight excluding hydrogens is 182 g/mol. The Labute approximate surface area is 83.5 Å². The lowest BCUT2D eigenvalue weighted by molar-refractivity contribution is 0.434. The zero-order valence-corrected chi connectivity index (χ0v) is 9.43. The fourth-order valence-corrected chi connectivity index (χ4v) is 2.61. The third-order valence-electron chi connectivity index (χ3n) is 2.11. The summed E-state index contributed by atoms with van der Waals surface area (Å²) in [4.78, 5) is 4.38. The molecule has 0 aromatic carbocycles. The Morgan fingerprint density at radius 3 is 2.23 bits per heavy atom. The molecule has 4 heteroatoms. The van der Waals surface area contributed by atoms with Crippen LogP contribution in [-0.2, 0) is 0 Å². The first-order valence-corrected chi connectivity index (χ1v) is 5.35. The fraction of sp³-hybridized carbons (Fsp3) is 0.778. The molecule has 74 valence electrons. The van der Waals surface area contributed by atoms with Crippen molar-refractivity contribution >= 4 is 11.5 Å². The molecule has 0 saturated heterocycles. The van der Waals surface area contributed by atoms with E-state index in [9.17, 15) is 0 Å². The summed E-state index contributed by atoms with van der Waals surface area (Å²) in [5.74, 6) is 1.71. The normalized spacial score (nSPS) is 16.2. The Bertz CT molecular complexity index is 260. The van der Waals surface area contributed by atoms with Gasteiger partial charge in [0.2, 0.25) is 0 Å². The molecule has 0 spiro atoms. The Balaban J connectivity index is 2.88. The van der Waals surface area contributed by atoms with E-state index >= 15 is 0 Å². The van der Waals surface area contributed by atoms with Gasteiger partial charge in [0.05, 0.1) is 0 Å². The molecule has 2 unspecified atom stereocenters. The summed E-state index contributed by atoms with van der Waals surface area (Å²) >= 11 is 1.47. The number of aryl methyl sites for hydroxylation is 1. The van der Waals surface area contributed by atoms with Crippen molar-refractivity contribution < 1.29 is 0 Å². The highest BCUT2D eigenvalue weighted by molar-refractivity contribution is 7.05. The summed E-state index contributed by atoms with van der Waals surface area (Å²) in [5, 5.41) is 1.07. The van der Waals surface area contributed by atoms with Gasteiger partial charge in [0.1, 0.15) is 10.8 Å². The van der Waals surface area contributed by atoms with Crippen LogP contribution >= 0.6 is 11.5 Å². The zero-order valence-electron chi connectivity index (χ0n) is 8.61. The van der Waals surface area contributed by atoms with Crippen LogP contribution in [0.3, 0.4) is 0 Å². The summed E-state index contributed by atoms with van der Waals surface area (Å²) < 4.78 is 4.18. The molecule has 0 fully saturated rings. The second-order valence-corrected chi connectivity index (χ2v) is 4.59. The van der Waals surface area contributed by atoms with Gasteiger partial charge >= 0.3 is 0 Å². The molecule has 0 radical (unpaired) electrons. The maximum Gasteiger partial charge on any atom is 0.139 e. The molecule has 13 heavy (non-hydrogen) atoms. The lowest BCUT2D eigenvalue weighted by Crippen LogP contribution is -2.28. The Hall–Kier alpha value is -0.480. The van der Waals surface area contributed by atoms with Gasteiger partial charge in [-0.25, -0.2) is 4.98 Å². The molecule has 0 aliphatic rings. The van der Waals surface area contributed by atoms with E-state index in [4.69, 9.17) is 5.73 Å². The molecule has 2 atom stereocenters. The predicted octanol–water partition coefficient (Wildman–Crippen LogP) is 1.93. The minimum absolute atomic E-state index is 0.146. The lowest BCUT2D eigenvalue weighted by Gasteiger charge is -2.21. The highest BCUT2D eigenvalue weighted by Crippen LogP contribution is 2.27. The van der Waals surface area contributed by atoms with Crippen LogP contribution in [-0.4, -0.2) is 15.4 Å². The van der Waals surface area contributed by atoms with Gasteiger partial charge in [-0.2, -0.15) is 4.37 Å². The molecule has 2 N–H and O–H groups in total. The van der Waals surface area contributed by atoms with Crippen LogP contribution in [0.4, 0.5) is 0 Å². The van der Waals surface area contributed by atoms with Gasteiger partial charge in [-0.15, -0.1) is 0 Å². The molecule has 0 bridgehead atoms. The molecule has 0 amide bonds. The molecule has 1 aromatic heterocycles. The van der Waals surface area contributed by atoms with E-state index in [1.165, 1.54) is 11.5 Å². The van der Waals surface area contributed by atoms with Crippen LogP contribution in [0.15, 0.2) is 0 Å². The van der Waals surface area contributed by atoms with E-state index in [0.717, 1.165) is 10.8 Å². The third kappa shape index (κ3) is 2.48. The molecule has 0 saturated carbocycles. The molecular formula is C9H17N3S. The Morgan fingerprint density at radius 1 is 1.31 bits per heavy atom. The standard InChI is InChI=1S/C9H17N3S/c1-5(2)8(6(3)10)9-11-7(4)12-13-9/h5-6,8H,10H2,1-4H3. The Kier molecular flexibility index (Phi) is 3.39. The summed E-state index contributed by atoms with van der Waals surface area (Å²) in [5.41, 5.74) is 5.92. The summed E-state index contributed by atoms with van der Waals surface area (Å²) in [6.45, 7) is 8.29. The number of hydrogen-bond donors (Lipinski definition) is 1. The van der Waals surface area contributed by atoms with Crippen LogP contribution in [0.2, 0.25) is 0 Å². The average molecular weight is 199 g/mol. The highest BCUT2D eigenvalue weighted by Gasteiger charge is 2.23. The largest absolute Gasteiger partial charge is 0.327 e. The van der Waals surface area contributed by atoms with E-state index < -0.39 is 0 Å². The van der Waals surface area contributed by atoms with Gasteiger partial charge in [0.25, 0.3) is 0 Å².